The van der Waals surface area contributed by atoms with Gasteiger partial charge in [0.2, 0.25) is 0 Å². The van der Waals surface area contributed by atoms with E-state index < -0.39 is 0 Å². The SMILES string of the molecule is CCCNc1nc(CCC)nc(N(CC)CCC)c1C. The summed E-state index contributed by atoms with van der Waals surface area (Å²) in [5.41, 5.74) is 1.17. The monoisotopic (exact) mass is 278 g/mol. The van der Waals surface area contributed by atoms with Crippen molar-refractivity contribution in [2.75, 3.05) is 29.9 Å². The molecule has 0 aromatic carbocycles. The summed E-state index contributed by atoms with van der Waals surface area (Å²) < 4.78 is 0. The molecule has 0 atom stereocenters. The maximum atomic E-state index is 4.80. The van der Waals surface area contributed by atoms with Gasteiger partial charge in [0.15, 0.2) is 0 Å². The summed E-state index contributed by atoms with van der Waals surface area (Å²) in [7, 11) is 0. The summed E-state index contributed by atoms with van der Waals surface area (Å²) in [5, 5.41) is 3.45. The second-order valence-electron chi connectivity index (χ2n) is 5.19. The Morgan fingerprint density at radius 2 is 1.75 bits per heavy atom. The highest BCUT2D eigenvalue weighted by atomic mass is 15.2. The third kappa shape index (κ3) is 4.36. The average molecular weight is 278 g/mol. The summed E-state index contributed by atoms with van der Waals surface area (Å²) >= 11 is 0. The van der Waals surface area contributed by atoms with Crippen molar-refractivity contribution in [2.45, 2.75) is 60.3 Å². The number of aromatic nitrogens is 2. The van der Waals surface area contributed by atoms with Gasteiger partial charge >= 0.3 is 0 Å². The summed E-state index contributed by atoms with van der Waals surface area (Å²) in [4.78, 5) is 11.8. The third-order valence-electron chi connectivity index (χ3n) is 3.36. The van der Waals surface area contributed by atoms with E-state index in [1.54, 1.807) is 0 Å². The van der Waals surface area contributed by atoms with Gasteiger partial charge < -0.3 is 10.2 Å². The van der Waals surface area contributed by atoms with E-state index in [1.165, 1.54) is 5.56 Å². The number of hydrogen-bond donors (Lipinski definition) is 1. The largest absolute Gasteiger partial charge is 0.370 e. The highest BCUT2D eigenvalue weighted by Crippen LogP contribution is 2.24. The molecule has 1 heterocycles. The van der Waals surface area contributed by atoms with Gasteiger partial charge in [-0.15, -0.1) is 0 Å². The summed E-state index contributed by atoms with van der Waals surface area (Å²) in [6.45, 7) is 13.9. The lowest BCUT2D eigenvalue weighted by Gasteiger charge is -2.25. The van der Waals surface area contributed by atoms with Crippen LogP contribution >= 0.6 is 0 Å². The Morgan fingerprint density at radius 3 is 2.30 bits per heavy atom. The van der Waals surface area contributed by atoms with Gasteiger partial charge in [-0.05, 0) is 33.1 Å². The molecule has 0 aliphatic heterocycles. The molecular weight excluding hydrogens is 248 g/mol. The number of nitrogens with one attached hydrogen (secondary N) is 1. The Bertz CT molecular complexity index is 404. The van der Waals surface area contributed by atoms with E-state index in [9.17, 15) is 0 Å². The lowest BCUT2D eigenvalue weighted by atomic mass is 10.2. The van der Waals surface area contributed by atoms with Crippen LogP contribution in [0.25, 0.3) is 0 Å². The van der Waals surface area contributed by atoms with Crippen molar-refractivity contribution in [3.63, 3.8) is 0 Å². The van der Waals surface area contributed by atoms with Gasteiger partial charge in [0, 0.05) is 31.6 Å². The van der Waals surface area contributed by atoms with Crippen molar-refractivity contribution in [2.24, 2.45) is 0 Å². The molecule has 1 aromatic rings. The number of anilines is 2. The third-order valence-corrected chi connectivity index (χ3v) is 3.36. The number of aryl methyl sites for hydroxylation is 1. The minimum Gasteiger partial charge on any atom is -0.370 e. The number of nitrogens with zero attached hydrogens (tertiary/aromatic N) is 3. The molecule has 0 radical (unpaired) electrons. The molecule has 1 N–H and O–H groups in total. The standard InChI is InChI=1S/C16H30N4/c1-6-10-14-18-15(17-11-7-2)13(5)16(19-14)20(9-4)12-8-3/h6-12H2,1-5H3,(H,17,18,19). The van der Waals surface area contributed by atoms with E-state index in [1.807, 2.05) is 0 Å². The van der Waals surface area contributed by atoms with E-state index >= 15 is 0 Å². The average Bonchev–Trinajstić information content (AvgIpc) is 2.45. The molecule has 1 aromatic heterocycles. The van der Waals surface area contributed by atoms with Crippen molar-refractivity contribution in [1.29, 1.82) is 0 Å². The van der Waals surface area contributed by atoms with Crippen molar-refractivity contribution < 1.29 is 0 Å². The van der Waals surface area contributed by atoms with Gasteiger partial charge in [-0.3, -0.25) is 0 Å². The molecule has 114 valence electrons. The van der Waals surface area contributed by atoms with E-state index in [4.69, 9.17) is 4.98 Å². The first-order chi connectivity index (χ1) is 9.67. The zero-order valence-corrected chi connectivity index (χ0v) is 13.8. The van der Waals surface area contributed by atoms with Gasteiger partial charge in [0.1, 0.15) is 17.5 Å². The maximum Gasteiger partial charge on any atom is 0.137 e. The van der Waals surface area contributed by atoms with Crippen LogP contribution in [0, 0.1) is 6.92 Å². The van der Waals surface area contributed by atoms with Crippen LogP contribution in [0.4, 0.5) is 11.6 Å². The van der Waals surface area contributed by atoms with Crippen LogP contribution < -0.4 is 10.2 Å². The van der Waals surface area contributed by atoms with E-state index in [-0.39, 0.29) is 0 Å². The molecule has 0 saturated heterocycles. The van der Waals surface area contributed by atoms with Crippen LogP contribution in [-0.4, -0.2) is 29.6 Å². The lowest BCUT2D eigenvalue weighted by Crippen LogP contribution is -2.26. The molecule has 0 fully saturated rings. The van der Waals surface area contributed by atoms with Crippen LogP contribution in [0.3, 0.4) is 0 Å². The van der Waals surface area contributed by atoms with E-state index in [2.05, 4.69) is 49.8 Å². The quantitative estimate of drug-likeness (QED) is 0.746. The van der Waals surface area contributed by atoms with Gasteiger partial charge in [0.05, 0.1) is 0 Å². The molecule has 0 saturated carbocycles. The zero-order chi connectivity index (χ0) is 15.0. The smallest absolute Gasteiger partial charge is 0.137 e. The molecule has 1 rings (SSSR count). The van der Waals surface area contributed by atoms with Crippen LogP contribution in [0.1, 0.15) is 58.3 Å². The zero-order valence-electron chi connectivity index (χ0n) is 13.8. The predicted octanol–water partition coefficient (Wildman–Crippen LogP) is 3.80. The first-order valence-electron chi connectivity index (χ1n) is 8.04. The van der Waals surface area contributed by atoms with Crippen LogP contribution in [0.5, 0.6) is 0 Å². The Hall–Kier alpha value is -1.32. The predicted molar refractivity (Wildman–Crippen MR) is 87.7 cm³/mol. The Labute approximate surface area is 124 Å². The van der Waals surface area contributed by atoms with Gasteiger partial charge in [-0.1, -0.05) is 20.8 Å². The molecule has 4 nitrogen and oxygen atoms in total. The van der Waals surface area contributed by atoms with E-state index in [0.29, 0.717) is 0 Å². The van der Waals surface area contributed by atoms with Crippen LogP contribution in [0.2, 0.25) is 0 Å². The first kappa shape index (κ1) is 16.7. The Morgan fingerprint density at radius 1 is 1.00 bits per heavy atom. The molecule has 0 aliphatic carbocycles. The summed E-state index contributed by atoms with van der Waals surface area (Å²) in [6.07, 6.45) is 4.26. The molecule has 4 heteroatoms. The topological polar surface area (TPSA) is 41.1 Å². The van der Waals surface area contributed by atoms with Gasteiger partial charge in [-0.25, -0.2) is 9.97 Å². The van der Waals surface area contributed by atoms with Crippen molar-refractivity contribution >= 4 is 11.6 Å². The van der Waals surface area contributed by atoms with E-state index in [0.717, 1.165) is 62.8 Å². The molecule has 0 spiro atoms. The Kier molecular flexibility index (Phi) is 7.34. The molecule has 20 heavy (non-hydrogen) atoms. The fourth-order valence-corrected chi connectivity index (χ4v) is 2.29. The van der Waals surface area contributed by atoms with Gasteiger partial charge in [-0.2, -0.15) is 0 Å². The highest BCUT2D eigenvalue weighted by Gasteiger charge is 2.14. The number of rotatable bonds is 9. The van der Waals surface area contributed by atoms with Crippen LogP contribution in [0.15, 0.2) is 0 Å². The first-order valence-corrected chi connectivity index (χ1v) is 8.04. The van der Waals surface area contributed by atoms with Crippen molar-refractivity contribution in [3.05, 3.63) is 11.4 Å². The number of hydrogen-bond acceptors (Lipinski definition) is 4. The van der Waals surface area contributed by atoms with Crippen LogP contribution in [-0.2, 0) is 6.42 Å². The fourth-order valence-electron chi connectivity index (χ4n) is 2.29. The molecular formula is C16H30N4. The normalized spacial score (nSPS) is 10.7. The summed E-state index contributed by atoms with van der Waals surface area (Å²) in [6, 6.07) is 0. The lowest BCUT2D eigenvalue weighted by molar-refractivity contribution is 0.754. The molecule has 0 aliphatic rings. The fraction of sp³-hybridized carbons (Fsp3) is 0.750. The van der Waals surface area contributed by atoms with Crippen molar-refractivity contribution in [3.8, 4) is 0 Å². The molecule has 0 unspecified atom stereocenters. The Balaban J connectivity index is 3.14. The summed E-state index contributed by atoms with van der Waals surface area (Å²) in [5.74, 6) is 3.07. The second kappa shape index (κ2) is 8.77. The minimum atomic E-state index is 0.942. The van der Waals surface area contributed by atoms with Gasteiger partial charge in [0.25, 0.3) is 0 Å². The maximum absolute atomic E-state index is 4.80. The molecule has 0 amide bonds. The second-order valence-corrected chi connectivity index (χ2v) is 5.19. The minimum absolute atomic E-state index is 0.942. The van der Waals surface area contributed by atoms with Crippen molar-refractivity contribution in [1.82, 2.24) is 9.97 Å². The molecule has 0 bridgehead atoms. The highest BCUT2D eigenvalue weighted by molar-refractivity contribution is 5.58.